The molecule has 284 valence electrons. The molecule has 52 heavy (non-hydrogen) atoms. The number of halogens is 6. The number of likely N-dealkylation sites (tertiary alicyclic amines) is 1. The van der Waals surface area contributed by atoms with E-state index in [1.54, 1.807) is 4.90 Å². The largest absolute Gasteiger partial charge is 0.436 e. The zero-order valence-corrected chi connectivity index (χ0v) is 28.5. The van der Waals surface area contributed by atoms with Crippen molar-refractivity contribution >= 4 is 29.4 Å². The summed E-state index contributed by atoms with van der Waals surface area (Å²) in [6.45, 7) is 3.50. The summed E-state index contributed by atoms with van der Waals surface area (Å²) >= 11 is 0. The average Bonchev–Trinajstić information content (AvgIpc) is 3.29. The molecular weight excluding hydrogens is 698 g/mol. The van der Waals surface area contributed by atoms with Crippen LogP contribution in [0.1, 0.15) is 47.9 Å². The van der Waals surface area contributed by atoms with Crippen LogP contribution in [-0.4, -0.2) is 115 Å². The third-order valence-corrected chi connectivity index (χ3v) is 10.4. The molecule has 4 aliphatic heterocycles. The number of carbonyl (C=O) groups excluding carboxylic acids is 3. The molecule has 1 atom stereocenters. The number of nitrogen functional groups attached to an aromatic ring is 1. The van der Waals surface area contributed by atoms with Crippen LogP contribution in [0.3, 0.4) is 0 Å². The highest BCUT2D eigenvalue weighted by Crippen LogP contribution is 2.42. The van der Waals surface area contributed by atoms with E-state index < -0.39 is 59.3 Å². The molecule has 4 aliphatic rings. The molecule has 3 N–H and O–H groups in total. The second-order valence-corrected chi connectivity index (χ2v) is 13.6. The van der Waals surface area contributed by atoms with Gasteiger partial charge in [-0.05, 0) is 61.4 Å². The molecule has 6 rings (SSSR count). The van der Waals surface area contributed by atoms with E-state index in [-0.39, 0.29) is 44.3 Å². The van der Waals surface area contributed by atoms with Crippen molar-refractivity contribution in [1.82, 2.24) is 19.6 Å². The first kappa shape index (κ1) is 37.5. The lowest BCUT2D eigenvalue weighted by atomic mass is 9.97. The van der Waals surface area contributed by atoms with Gasteiger partial charge in [-0.25, -0.2) is 9.59 Å². The van der Waals surface area contributed by atoms with Gasteiger partial charge in [-0.3, -0.25) is 9.69 Å². The predicted molar refractivity (Wildman–Crippen MR) is 177 cm³/mol. The molecular formula is C35H42F6N6O5. The summed E-state index contributed by atoms with van der Waals surface area (Å²) in [6.07, 6.45) is -10.7. The molecule has 3 fully saturated rings. The van der Waals surface area contributed by atoms with Crippen molar-refractivity contribution in [1.29, 1.82) is 0 Å². The van der Waals surface area contributed by atoms with E-state index in [2.05, 4.69) is 10.2 Å². The Bertz CT molecular complexity index is 1580. The Morgan fingerprint density at radius 3 is 2.08 bits per heavy atom. The van der Waals surface area contributed by atoms with Gasteiger partial charge >= 0.3 is 24.5 Å². The van der Waals surface area contributed by atoms with Crippen LogP contribution in [0.25, 0.3) is 0 Å². The molecule has 0 bridgehead atoms. The maximum atomic E-state index is 13.9. The number of nitrogens with two attached hydrogens (primary N) is 1. The maximum absolute atomic E-state index is 13.9. The summed E-state index contributed by atoms with van der Waals surface area (Å²) in [5.74, 6) is -0.713. The zero-order chi connectivity index (χ0) is 37.2. The van der Waals surface area contributed by atoms with Crippen LogP contribution >= 0.6 is 0 Å². The summed E-state index contributed by atoms with van der Waals surface area (Å²) in [5.41, 5.74) is 1.72. The number of hydrogen-bond acceptors (Lipinski definition) is 7. The van der Waals surface area contributed by atoms with Crippen LogP contribution in [0.2, 0.25) is 0 Å². The predicted octanol–water partition coefficient (Wildman–Crippen LogP) is 5.23. The Labute approximate surface area is 296 Å². The second-order valence-electron chi connectivity index (χ2n) is 13.6. The molecule has 2 aromatic carbocycles. The van der Waals surface area contributed by atoms with Gasteiger partial charge in [-0.1, -0.05) is 18.2 Å². The highest BCUT2D eigenvalue weighted by atomic mass is 19.4. The first-order valence-corrected chi connectivity index (χ1v) is 17.5. The number of alkyl halides is 6. The van der Waals surface area contributed by atoms with Gasteiger partial charge in [0.25, 0.3) is 5.91 Å². The Kier molecular flexibility index (Phi) is 11.1. The van der Waals surface area contributed by atoms with Crippen LogP contribution < -0.4 is 11.1 Å². The van der Waals surface area contributed by atoms with Gasteiger partial charge in [0.05, 0.1) is 16.8 Å². The number of piperazine rings is 1. The number of anilines is 2. The van der Waals surface area contributed by atoms with Crippen molar-refractivity contribution in [3.63, 3.8) is 0 Å². The van der Waals surface area contributed by atoms with Gasteiger partial charge in [-0.2, -0.15) is 26.3 Å². The van der Waals surface area contributed by atoms with Gasteiger partial charge in [-0.15, -0.1) is 0 Å². The van der Waals surface area contributed by atoms with E-state index in [0.717, 1.165) is 24.1 Å². The van der Waals surface area contributed by atoms with Crippen LogP contribution in [0.15, 0.2) is 36.4 Å². The van der Waals surface area contributed by atoms with Gasteiger partial charge in [0.15, 0.2) is 6.10 Å². The lowest BCUT2D eigenvalue weighted by Gasteiger charge is -2.41. The first-order chi connectivity index (χ1) is 24.7. The number of rotatable bonds is 6. The number of amides is 4. The van der Waals surface area contributed by atoms with Crippen molar-refractivity contribution in [2.45, 2.75) is 69.1 Å². The summed E-state index contributed by atoms with van der Waals surface area (Å²) in [5, 5.41) is 2.93. The first-order valence-electron chi connectivity index (χ1n) is 17.5. The maximum Gasteiger partial charge on any atom is 0.418 e. The number of benzene rings is 2. The molecule has 3 saturated heterocycles. The van der Waals surface area contributed by atoms with E-state index in [0.29, 0.717) is 64.2 Å². The lowest BCUT2D eigenvalue weighted by molar-refractivity contribution is -0.143. The number of urea groups is 1. The average molecular weight is 741 g/mol. The van der Waals surface area contributed by atoms with Crippen molar-refractivity contribution in [2.24, 2.45) is 0 Å². The minimum atomic E-state index is -5.21. The Hall–Kier alpha value is -4.25. The lowest BCUT2D eigenvalue weighted by Crippen LogP contribution is -2.56. The summed E-state index contributed by atoms with van der Waals surface area (Å²) < 4.78 is 94.2. The number of piperidine rings is 1. The highest BCUT2D eigenvalue weighted by molar-refractivity contribution is 5.91. The van der Waals surface area contributed by atoms with Crippen molar-refractivity contribution in [3.8, 4) is 0 Å². The molecule has 0 spiro atoms. The fourth-order valence-electron chi connectivity index (χ4n) is 7.55. The molecule has 0 radical (unpaired) electrons. The van der Waals surface area contributed by atoms with Crippen molar-refractivity contribution < 1.29 is 50.2 Å². The van der Waals surface area contributed by atoms with E-state index in [4.69, 9.17) is 15.2 Å². The molecule has 17 heteroatoms. The molecule has 0 unspecified atom stereocenters. The van der Waals surface area contributed by atoms with Crippen LogP contribution in [0.5, 0.6) is 0 Å². The van der Waals surface area contributed by atoms with Gasteiger partial charge in [0.2, 0.25) is 0 Å². The SMILES string of the molecule is Nc1c(C(F)(F)F)cc(C[C@@H](OC(=O)N2CCC(N3CCc4ccccc4NC3=O)CC2)C(=O)N2CCN(C3CCOCC3)CC2)cc1C(F)(F)F. The molecule has 0 saturated carbocycles. The van der Waals surface area contributed by atoms with Crippen LogP contribution in [0.4, 0.5) is 47.3 Å². The summed E-state index contributed by atoms with van der Waals surface area (Å²) in [7, 11) is 0. The quantitative estimate of drug-likeness (QED) is 0.308. The van der Waals surface area contributed by atoms with Crippen molar-refractivity contribution in [2.75, 3.05) is 70.1 Å². The van der Waals surface area contributed by atoms with Gasteiger partial charge in [0.1, 0.15) is 0 Å². The number of nitrogens with one attached hydrogen (secondary N) is 1. The Balaban J connectivity index is 1.17. The van der Waals surface area contributed by atoms with Gasteiger partial charge < -0.3 is 35.2 Å². The Morgan fingerprint density at radius 2 is 1.46 bits per heavy atom. The van der Waals surface area contributed by atoms with Crippen LogP contribution in [-0.2, 0) is 39.5 Å². The van der Waals surface area contributed by atoms with E-state index in [9.17, 15) is 40.7 Å². The Morgan fingerprint density at radius 1 is 0.846 bits per heavy atom. The molecule has 4 amide bonds. The normalized spacial score (nSPS) is 20.6. The minimum absolute atomic E-state index is 0.156. The number of carbonyl (C=O) groups is 3. The number of ether oxygens (including phenoxy) is 2. The third kappa shape index (κ3) is 8.51. The number of nitrogens with zero attached hydrogens (tertiary/aromatic N) is 4. The smallest absolute Gasteiger partial charge is 0.418 e. The topological polar surface area (TPSA) is 121 Å². The fraction of sp³-hybridized carbons (Fsp3) is 0.571. The second kappa shape index (κ2) is 15.4. The van der Waals surface area contributed by atoms with Crippen molar-refractivity contribution in [3.05, 3.63) is 58.7 Å². The van der Waals surface area contributed by atoms with E-state index in [1.165, 1.54) is 9.80 Å². The number of fused-ring (bicyclic) bond motifs is 1. The highest BCUT2D eigenvalue weighted by Gasteiger charge is 2.42. The summed E-state index contributed by atoms with van der Waals surface area (Å²) in [4.78, 5) is 47.3. The standard InChI is InChI=1S/C35H42F6N6O5/c36-34(37,38)26-19-22(20-27(30(26)42)35(39,40)41)21-29(31(48)45-15-13-44(14-16-45)24-8-17-51-18-9-24)52-33(50)46-10-6-25(7-11-46)47-12-5-23-3-1-2-4-28(23)43-32(47)49/h1-4,19-20,24-25,29H,5-18,21,42H2,(H,43,49)/t29-/m1/s1. The number of hydrogen-bond donors (Lipinski definition) is 2. The van der Waals surface area contributed by atoms with E-state index in [1.807, 2.05) is 24.3 Å². The minimum Gasteiger partial charge on any atom is -0.436 e. The molecule has 0 aromatic heterocycles. The molecule has 11 nitrogen and oxygen atoms in total. The molecule has 2 aromatic rings. The number of para-hydroxylation sites is 1. The zero-order valence-electron chi connectivity index (χ0n) is 28.5. The molecule has 0 aliphatic carbocycles. The van der Waals surface area contributed by atoms with Gasteiger partial charge in [0, 0.05) is 83.2 Å². The monoisotopic (exact) mass is 740 g/mol. The third-order valence-electron chi connectivity index (χ3n) is 10.4. The summed E-state index contributed by atoms with van der Waals surface area (Å²) in [6, 6.07) is 8.27. The molecule has 4 heterocycles. The fourth-order valence-corrected chi connectivity index (χ4v) is 7.55. The van der Waals surface area contributed by atoms with Crippen LogP contribution in [0, 0.1) is 0 Å². The van der Waals surface area contributed by atoms with E-state index >= 15 is 0 Å².